The minimum absolute atomic E-state index is 0. The maximum absolute atomic E-state index is 5.70. The van der Waals surface area contributed by atoms with E-state index in [0.717, 1.165) is 36.5 Å². The van der Waals surface area contributed by atoms with Crippen LogP contribution in [0.25, 0.3) is 0 Å². The number of ether oxygens (including phenoxy) is 1. The summed E-state index contributed by atoms with van der Waals surface area (Å²) in [5.41, 5.74) is 0. The Morgan fingerprint density at radius 3 is 2.75 bits per heavy atom. The van der Waals surface area contributed by atoms with Crippen LogP contribution in [0.3, 0.4) is 0 Å². The van der Waals surface area contributed by atoms with Crippen LogP contribution in [0.15, 0.2) is 35.3 Å². The van der Waals surface area contributed by atoms with E-state index in [1.165, 1.54) is 19.3 Å². The topological polar surface area (TPSA) is 45.7 Å². The van der Waals surface area contributed by atoms with Gasteiger partial charge in [-0.2, -0.15) is 11.8 Å². The first-order chi connectivity index (χ1) is 11.3. The van der Waals surface area contributed by atoms with Crippen molar-refractivity contribution in [1.29, 1.82) is 0 Å². The van der Waals surface area contributed by atoms with Crippen molar-refractivity contribution in [3.63, 3.8) is 0 Å². The molecule has 2 rings (SSSR count). The third kappa shape index (κ3) is 7.96. The van der Waals surface area contributed by atoms with E-state index in [9.17, 15) is 0 Å². The zero-order chi connectivity index (χ0) is 16.3. The SMILES string of the molecule is CCNC(=NCCCOc1ccccc1)NC1CCC(SC)C1.I. The summed E-state index contributed by atoms with van der Waals surface area (Å²) in [5.74, 6) is 1.87. The molecule has 0 aliphatic heterocycles. The maximum Gasteiger partial charge on any atom is 0.191 e. The Labute approximate surface area is 167 Å². The van der Waals surface area contributed by atoms with Gasteiger partial charge in [0.2, 0.25) is 0 Å². The van der Waals surface area contributed by atoms with Gasteiger partial charge in [-0.1, -0.05) is 18.2 Å². The molecular formula is C18H30IN3OS. The van der Waals surface area contributed by atoms with Gasteiger partial charge in [0, 0.05) is 30.8 Å². The molecule has 0 amide bonds. The molecule has 4 nitrogen and oxygen atoms in total. The summed E-state index contributed by atoms with van der Waals surface area (Å²) in [5, 5.41) is 7.72. The predicted molar refractivity (Wildman–Crippen MR) is 116 cm³/mol. The standard InChI is InChI=1S/C18H29N3OS.HI/c1-3-19-18(21-15-10-11-17(14-15)23-2)20-12-7-13-22-16-8-5-4-6-9-16;/h4-6,8-9,15,17H,3,7,10-14H2,1-2H3,(H2,19,20,21);1H. The van der Waals surface area contributed by atoms with Gasteiger partial charge in [0.1, 0.15) is 5.75 Å². The smallest absolute Gasteiger partial charge is 0.191 e. The van der Waals surface area contributed by atoms with Gasteiger partial charge in [0.25, 0.3) is 0 Å². The fourth-order valence-electron chi connectivity index (χ4n) is 2.76. The number of thioether (sulfide) groups is 1. The van der Waals surface area contributed by atoms with E-state index in [1.54, 1.807) is 0 Å². The molecular weight excluding hydrogens is 433 g/mol. The lowest BCUT2D eigenvalue weighted by atomic mass is 10.2. The molecule has 2 N–H and O–H groups in total. The number of para-hydroxylation sites is 1. The van der Waals surface area contributed by atoms with Crippen LogP contribution in [0, 0.1) is 0 Å². The largest absolute Gasteiger partial charge is 0.494 e. The van der Waals surface area contributed by atoms with E-state index in [4.69, 9.17) is 4.74 Å². The Bertz CT molecular complexity index is 473. The van der Waals surface area contributed by atoms with Crippen molar-refractivity contribution in [3.05, 3.63) is 30.3 Å². The van der Waals surface area contributed by atoms with E-state index < -0.39 is 0 Å². The van der Waals surface area contributed by atoms with Crippen molar-refractivity contribution in [1.82, 2.24) is 10.6 Å². The zero-order valence-corrected chi connectivity index (χ0v) is 17.8. The molecule has 2 unspecified atom stereocenters. The van der Waals surface area contributed by atoms with Crippen LogP contribution < -0.4 is 15.4 Å². The molecule has 24 heavy (non-hydrogen) atoms. The van der Waals surface area contributed by atoms with Crippen LogP contribution in [-0.4, -0.2) is 43.2 Å². The Kier molecular flexibility index (Phi) is 11.3. The van der Waals surface area contributed by atoms with Crippen molar-refractivity contribution in [2.75, 3.05) is 26.0 Å². The molecule has 1 aliphatic rings. The molecule has 1 aliphatic carbocycles. The van der Waals surface area contributed by atoms with Crippen LogP contribution >= 0.6 is 35.7 Å². The van der Waals surface area contributed by atoms with Crippen molar-refractivity contribution in [2.45, 2.75) is 43.9 Å². The molecule has 1 fully saturated rings. The lowest BCUT2D eigenvalue weighted by Gasteiger charge is -2.17. The minimum Gasteiger partial charge on any atom is -0.494 e. The fraction of sp³-hybridized carbons (Fsp3) is 0.611. The maximum atomic E-state index is 5.70. The third-order valence-corrected chi connectivity index (χ3v) is 5.08. The van der Waals surface area contributed by atoms with Crippen molar-refractivity contribution in [2.24, 2.45) is 4.99 Å². The first kappa shape index (κ1) is 21.4. The number of hydrogen-bond acceptors (Lipinski definition) is 3. The van der Waals surface area contributed by atoms with Crippen LogP contribution in [-0.2, 0) is 0 Å². The summed E-state index contributed by atoms with van der Waals surface area (Å²) in [6.07, 6.45) is 6.92. The summed E-state index contributed by atoms with van der Waals surface area (Å²) in [6.45, 7) is 4.48. The summed E-state index contributed by atoms with van der Waals surface area (Å²) in [7, 11) is 0. The normalized spacial score (nSPS) is 20.3. The Hall–Kier alpha value is -0.630. The molecule has 0 aromatic heterocycles. The number of halogens is 1. The molecule has 1 aromatic rings. The lowest BCUT2D eigenvalue weighted by molar-refractivity contribution is 0.313. The quantitative estimate of drug-likeness (QED) is 0.266. The third-order valence-electron chi connectivity index (χ3n) is 3.99. The molecule has 1 saturated carbocycles. The predicted octanol–water partition coefficient (Wildman–Crippen LogP) is 3.91. The molecule has 0 heterocycles. The first-order valence-electron chi connectivity index (χ1n) is 8.57. The number of nitrogens with one attached hydrogen (secondary N) is 2. The van der Waals surface area contributed by atoms with Gasteiger partial charge in [-0.15, -0.1) is 24.0 Å². The molecule has 0 radical (unpaired) electrons. The molecule has 136 valence electrons. The highest BCUT2D eigenvalue weighted by Gasteiger charge is 2.24. The monoisotopic (exact) mass is 463 g/mol. The van der Waals surface area contributed by atoms with E-state index in [1.807, 2.05) is 42.1 Å². The molecule has 0 saturated heterocycles. The average molecular weight is 463 g/mol. The van der Waals surface area contributed by atoms with Gasteiger partial charge in [-0.05, 0) is 44.6 Å². The highest BCUT2D eigenvalue weighted by Crippen LogP contribution is 2.27. The van der Waals surface area contributed by atoms with E-state index >= 15 is 0 Å². The second-order valence-electron chi connectivity index (χ2n) is 5.79. The van der Waals surface area contributed by atoms with E-state index in [2.05, 4.69) is 28.8 Å². The number of hydrogen-bond donors (Lipinski definition) is 2. The van der Waals surface area contributed by atoms with Crippen LogP contribution in [0.5, 0.6) is 5.75 Å². The van der Waals surface area contributed by atoms with Gasteiger partial charge in [0.15, 0.2) is 5.96 Å². The minimum atomic E-state index is 0. The van der Waals surface area contributed by atoms with Gasteiger partial charge >= 0.3 is 0 Å². The zero-order valence-electron chi connectivity index (χ0n) is 14.7. The van der Waals surface area contributed by atoms with Crippen molar-refractivity contribution in [3.8, 4) is 5.75 Å². The Morgan fingerprint density at radius 2 is 2.08 bits per heavy atom. The molecule has 6 heteroatoms. The highest BCUT2D eigenvalue weighted by atomic mass is 127. The lowest BCUT2D eigenvalue weighted by Crippen LogP contribution is -2.42. The summed E-state index contributed by atoms with van der Waals surface area (Å²) in [6, 6.07) is 10.5. The van der Waals surface area contributed by atoms with E-state index in [0.29, 0.717) is 12.6 Å². The number of aliphatic imine (C=N–C) groups is 1. The summed E-state index contributed by atoms with van der Waals surface area (Å²) in [4.78, 5) is 4.67. The number of guanidine groups is 1. The first-order valence-corrected chi connectivity index (χ1v) is 9.86. The van der Waals surface area contributed by atoms with Crippen LogP contribution in [0.4, 0.5) is 0 Å². The average Bonchev–Trinajstić information content (AvgIpc) is 3.03. The summed E-state index contributed by atoms with van der Waals surface area (Å²) >= 11 is 1.98. The number of benzene rings is 1. The van der Waals surface area contributed by atoms with E-state index in [-0.39, 0.29) is 24.0 Å². The van der Waals surface area contributed by atoms with Gasteiger partial charge < -0.3 is 15.4 Å². The van der Waals surface area contributed by atoms with Gasteiger partial charge in [0.05, 0.1) is 6.61 Å². The van der Waals surface area contributed by atoms with Crippen LogP contribution in [0.1, 0.15) is 32.6 Å². The molecule has 1 aromatic carbocycles. The number of nitrogens with zero attached hydrogens (tertiary/aromatic N) is 1. The van der Waals surface area contributed by atoms with Crippen molar-refractivity contribution >= 4 is 41.7 Å². The van der Waals surface area contributed by atoms with Gasteiger partial charge in [-0.25, -0.2) is 0 Å². The van der Waals surface area contributed by atoms with Crippen LogP contribution in [0.2, 0.25) is 0 Å². The Morgan fingerprint density at radius 1 is 1.29 bits per heavy atom. The molecule has 2 atom stereocenters. The van der Waals surface area contributed by atoms with Crippen molar-refractivity contribution < 1.29 is 4.74 Å². The second kappa shape index (κ2) is 12.7. The van der Waals surface area contributed by atoms with Gasteiger partial charge in [-0.3, -0.25) is 4.99 Å². The highest BCUT2D eigenvalue weighted by molar-refractivity contribution is 14.0. The number of rotatable bonds is 8. The fourth-order valence-corrected chi connectivity index (χ4v) is 3.56. The summed E-state index contributed by atoms with van der Waals surface area (Å²) < 4.78 is 5.70. The second-order valence-corrected chi connectivity index (χ2v) is 6.93. The Balaban J connectivity index is 0.00000288. The molecule has 0 bridgehead atoms. The molecule has 0 spiro atoms.